The number of fused-ring (bicyclic) bond motifs is 2. The maximum atomic E-state index is 13.2. The van der Waals surface area contributed by atoms with E-state index in [1.807, 2.05) is 29.2 Å². The van der Waals surface area contributed by atoms with Crippen LogP contribution in [0.1, 0.15) is 57.3 Å². The number of rotatable bonds is 8. The highest BCUT2D eigenvalue weighted by Gasteiger charge is 2.35. The maximum absolute atomic E-state index is 13.2. The van der Waals surface area contributed by atoms with Gasteiger partial charge in [0.05, 0.1) is 17.6 Å². The van der Waals surface area contributed by atoms with E-state index in [1.165, 1.54) is 5.56 Å². The van der Waals surface area contributed by atoms with Crippen LogP contribution in [0.2, 0.25) is 0 Å². The maximum Gasteiger partial charge on any atom is 0.227 e. The molecule has 0 aliphatic carbocycles. The lowest BCUT2D eigenvalue weighted by atomic mass is 9.87. The van der Waals surface area contributed by atoms with E-state index in [0.717, 1.165) is 53.4 Å². The number of aryl methyl sites for hydroxylation is 1. The van der Waals surface area contributed by atoms with E-state index in [9.17, 15) is 4.79 Å². The molecule has 0 bridgehead atoms. The lowest BCUT2D eigenvalue weighted by Crippen LogP contribution is -2.25. The van der Waals surface area contributed by atoms with Crippen LogP contribution >= 0.6 is 0 Å². The number of ether oxygens (including phenoxy) is 3. The average molecular weight is 540 g/mol. The second-order valence-electron chi connectivity index (χ2n) is 11.7. The number of aromatic nitrogens is 2. The fourth-order valence-electron chi connectivity index (χ4n) is 5.58. The molecule has 0 radical (unpaired) electrons. The predicted molar refractivity (Wildman–Crippen MR) is 157 cm³/mol. The van der Waals surface area contributed by atoms with E-state index in [1.54, 1.807) is 0 Å². The van der Waals surface area contributed by atoms with Gasteiger partial charge in [-0.3, -0.25) is 4.79 Å². The number of hydrogen-bond acceptors (Lipinski definition) is 5. The molecule has 6 rings (SSSR count). The number of carbonyl (C=O) groups excluding carboxylic acids is 1. The highest BCUT2D eigenvalue weighted by molar-refractivity contribution is 5.97. The molecule has 1 saturated heterocycles. The van der Waals surface area contributed by atoms with Crippen LogP contribution in [0, 0.1) is 0 Å². The molecule has 4 aromatic rings. The molecule has 3 heterocycles. The normalized spacial score (nSPS) is 17.0. The molecule has 3 aromatic carbocycles. The molecule has 2 aliphatic rings. The van der Waals surface area contributed by atoms with Crippen LogP contribution in [0.3, 0.4) is 0 Å². The van der Waals surface area contributed by atoms with E-state index in [4.69, 9.17) is 19.2 Å². The summed E-state index contributed by atoms with van der Waals surface area (Å²) >= 11 is 0. The van der Waals surface area contributed by atoms with Gasteiger partial charge in [-0.2, -0.15) is 0 Å². The Morgan fingerprint density at radius 2 is 1.73 bits per heavy atom. The van der Waals surface area contributed by atoms with E-state index in [2.05, 4.69) is 67.8 Å². The summed E-state index contributed by atoms with van der Waals surface area (Å²) in [7, 11) is 0. The Balaban J connectivity index is 1.12. The summed E-state index contributed by atoms with van der Waals surface area (Å²) in [5.41, 5.74) is 4.36. The Labute approximate surface area is 235 Å². The second kappa shape index (κ2) is 10.9. The van der Waals surface area contributed by atoms with Crippen molar-refractivity contribution in [1.29, 1.82) is 0 Å². The molecule has 1 unspecified atom stereocenters. The lowest BCUT2D eigenvalue weighted by Gasteiger charge is -2.22. The van der Waals surface area contributed by atoms with Crippen molar-refractivity contribution in [3.05, 3.63) is 78.1 Å². The first-order valence-corrected chi connectivity index (χ1v) is 14.3. The van der Waals surface area contributed by atoms with Gasteiger partial charge < -0.3 is 23.7 Å². The van der Waals surface area contributed by atoms with Crippen molar-refractivity contribution >= 4 is 22.6 Å². The lowest BCUT2D eigenvalue weighted by molar-refractivity contribution is -0.117. The summed E-state index contributed by atoms with van der Waals surface area (Å²) in [6, 6.07) is 22.4. The zero-order chi connectivity index (χ0) is 27.7. The molecule has 0 saturated carbocycles. The number of nitrogens with zero attached hydrogens (tertiary/aromatic N) is 3. The highest BCUT2D eigenvalue weighted by Crippen LogP contribution is 2.38. The number of anilines is 1. The molecular formula is C33H37N3O4. The summed E-state index contributed by atoms with van der Waals surface area (Å²) in [5, 5.41) is 0. The Kier molecular flexibility index (Phi) is 7.13. The van der Waals surface area contributed by atoms with Gasteiger partial charge in [0.25, 0.3) is 0 Å². The van der Waals surface area contributed by atoms with Gasteiger partial charge in [-0.05, 0) is 60.2 Å². The van der Waals surface area contributed by atoms with Crippen molar-refractivity contribution in [1.82, 2.24) is 9.55 Å². The van der Waals surface area contributed by atoms with E-state index in [-0.39, 0.29) is 17.2 Å². The molecule has 0 spiro atoms. The van der Waals surface area contributed by atoms with Gasteiger partial charge in [0.15, 0.2) is 11.5 Å². The van der Waals surface area contributed by atoms with Gasteiger partial charge in [-0.15, -0.1) is 0 Å². The first-order chi connectivity index (χ1) is 19.4. The number of hydrogen-bond donors (Lipinski definition) is 0. The zero-order valence-electron chi connectivity index (χ0n) is 23.6. The molecular weight excluding hydrogens is 502 g/mol. The smallest absolute Gasteiger partial charge is 0.227 e. The van der Waals surface area contributed by atoms with Gasteiger partial charge in [0, 0.05) is 37.2 Å². The van der Waals surface area contributed by atoms with Crippen molar-refractivity contribution in [2.75, 3.05) is 31.3 Å². The number of unbranched alkanes of at least 4 members (excludes halogenated alkanes) is 1. The van der Waals surface area contributed by atoms with Crippen LogP contribution < -0.4 is 19.1 Å². The third-order valence-electron chi connectivity index (χ3n) is 7.78. The molecule has 1 atom stereocenters. The summed E-state index contributed by atoms with van der Waals surface area (Å²) in [6.07, 6.45) is 2.32. The van der Waals surface area contributed by atoms with E-state index in [0.29, 0.717) is 38.5 Å². The van der Waals surface area contributed by atoms with Crippen molar-refractivity contribution in [3.63, 3.8) is 0 Å². The summed E-state index contributed by atoms with van der Waals surface area (Å²) in [6.45, 7) is 9.80. The standard InChI is InChI=1S/C33H37N3O4/c1-33(2,3)24-10-13-26(14-11-24)38-17-7-6-16-35-28-9-5-4-8-27(28)34-32(35)23-20-31(37)36(22-23)25-12-15-29-30(21-25)40-19-18-39-29/h4-5,8-15,21,23H,6-7,16-20,22H2,1-3H3. The number of carbonyl (C=O) groups is 1. The van der Waals surface area contributed by atoms with Gasteiger partial charge in [-0.25, -0.2) is 4.98 Å². The monoisotopic (exact) mass is 539 g/mol. The quantitative estimate of drug-likeness (QED) is 0.240. The molecule has 7 nitrogen and oxygen atoms in total. The Bertz CT molecular complexity index is 1500. The SMILES string of the molecule is CC(C)(C)c1ccc(OCCCCn2c(C3CC(=O)N(c4ccc5c(c4)OCCO5)C3)nc3ccccc32)cc1. The number of amides is 1. The molecule has 1 fully saturated rings. The van der Waals surface area contributed by atoms with Crippen LogP contribution in [-0.4, -0.2) is 41.8 Å². The van der Waals surface area contributed by atoms with Crippen molar-refractivity contribution in [3.8, 4) is 17.2 Å². The highest BCUT2D eigenvalue weighted by atomic mass is 16.6. The first-order valence-electron chi connectivity index (χ1n) is 14.3. The summed E-state index contributed by atoms with van der Waals surface area (Å²) < 4.78 is 19.7. The van der Waals surface area contributed by atoms with E-state index >= 15 is 0 Å². The summed E-state index contributed by atoms with van der Waals surface area (Å²) in [4.78, 5) is 20.0. The first kappa shape index (κ1) is 26.2. The molecule has 7 heteroatoms. The van der Waals surface area contributed by atoms with Crippen molar-refractivity contribution in [2.24, 2.45) is 0 Å². The van der Waals surface area contributed by atoms with Gasteiger partial charge >= 0.3 is 0 Å². The fraction of sp³-hybridized carbons (Fsp3) is 0.394. The second-order valence-corrected chi connectivity index (χ2v) is 11.7. The van der Waals surface area contributed by atoms with Crippen molar-refractivity contribution < 1.29 is 19.0 Å². The average Bonchev–Trinajstić information content (AvgIpc) is 3.53. The molecule has 208 valence electrons. The number of benzene rings is 3. The Morgan fingerprint density at radius 3 is 2.52 bits per heavy atom. The van der Waals surface area contributed by atoms with Gasteiger partial charge in [0.1, 0.15) is 24.8 Å². The molecule has 1 amide bonds. The zero-order valence-corrected chi connectivity index (χ0v) is 23.6. The number of imidazole rings is 1. The largest absolute Gasteiger partial charge is 0.494 e. The van der Waals surface area contributed by atoms with Crippen LogP contribution in [-0.2, 0) is 16.8 Å². The van der Waals surface area contributed by atoms with Gasteiger partial charge in [-0.1, -0.05) is 45.0 Å². The van der Waals surface area contributed by atoms with Crippen LogP contribution in [0.25, 0.3) is 11.0 Å². The number of para-hydroxylation sites is 2. The van der Waals surface area contributed by atoms with Gasteiger partial charge in [0.2, 0.25) is 5.91 Å². The van der Waals surface area contributed by atoms with Crippen molar-refractivity contribution in [2.45, 2.75) is 57.9 Å². The van der Waals surface area contributed by atoms with Crippen LogP contribution in [0.15, 0.2) is 66.7 Å². The molecule has 40 heavy (non-hydrogen) atoms. The van der Waals surface area contributed by atoms with E-state index < -0.39 is 0 Å². The minimum atomic E-state index is 0.0191. The predicted octanol–water partition coefficient (Wildman–Crippen LogP) is 6.48. The minimum Gasteiger partial charge on any atom is -0.494 e. The Morgan fingerprint density at radius 1 is 0.950 bits per heavy atom. The third-order valence-corrected chi connectivity index (χ3v) is 7.78. The fourth-order valence-corrected chi connectivity index (χ4v) is 5.58. The molecule has 2 aliphatic heterocycles. The third kappa shape index (κ3) is 5.37. The molecule has 1 aromatic heterocycles. The van der Waals surface area contributed by atoms with Crippen LogP contribution in [0.5, 0.6) is 17.2 Å². The minimum absolute atomic E-state index is 0.0191. The van der Waals surface area contributed by atoms with Crippen LogP contribution in [0.4, 0.5) is 5.69 Å². The topological polar surface area (TPSA) is 65.8 Å². The summed E-state index contributed by atoms with van der Waals surface area (Å²) in [5.74, 6) is 3.43. The molecule has 0 N–H and O–H groups in total. The Hall–Kier alpha value is -4.00.